The molecule has 1 aliphatic heterocycles. The number of likely N-dealkylation sites (N-methyl/N-ethyl adjacent to an activating group) is 1. The van der Waals surface area contributed by atoms with Crippen molar-refractivity contribution in [2.45, 2.75) is 12.0 Å². The second-order valence-corrected chi connectivity index (χ2v) is 6.85. The van der Waals surface area contributed by atoms with Gasteiger partial charge in [-0.3, -0.25) is 9.59 Å². The minimum absolute atomic E-state index is 0.0975. The molecule has 30 heavy (non-hydrogen) atoms. The van der Waals surface area contributed by atoms with Crippen molar-refractivity contribution >= 4 is 23.5 Å². The van der Waals surface area contributed by atoms with Gasteiger partial charge in [0.05, 0.1) is 13.7 Å². The summed E-state index contributed by atoms with van der Waals surface area (Å²) in [4.78, 5) is 38.6. The molecule has 3 rings (SSSR count). The van der Waals surface area contributed by atoms with Crippen molar-refractivity contribution in [3.05, 3.63) is 59.9 Å². The lowest BCUT2D eigenvalue weighted by molar-refractivity contribution is -0.133. The smallest absolute Gasteiger partial charge is 0.319 e. The van der Waals surface area contributed by atoms with Crippen molar-refractivity contribution in [2.75, 3.05) is 32.6 Å². The molecule has 0 aliphatic carbocycles. The van der Waals surface area contributed by atoms with Gasteiger partial charge in [-0.25, -0.2) is 9.18 Å². The number of hydrogen-bond donors (Lipinski definition) is 3. The quantitative estimate of drug-likeness (QED) is 0.670. The average Bonchev–Trinajstić information content (AvgIpc) is 3.05. The highest BCUT2D eigenvalue weighted by Gasteiger charge is 2.42. The van der Waals surface area contributed by atoms with Crippen LogP contribution in [0, 0.1) is 5.82 Å². The molecular weight excluding hydrogens is 391 g/mol. The fourth-order valence-corrected chi connectivity index (χ4v) is 3.35. The monoisotopic (exact) mass is 414 g/mol. The summed E-state index contributed by atoms with van der Waals surface area (Å²) in [5, 5.41) is 7.77. The van der Waals surface area contributed by atoms with E-state index in [-0.39, 0.29) is 30.8 Å². The highest BCUT2D eigenvalue weighted by molar-refractivity contribution is 5.96. The van der Waals surface area contributed by atoms with Crippen LogP contribution in [0.3, 0.4) is 0 Å². The molecule has 1 aliphatic rings. The maximum Gasteiger partial charge on any atom is 0.319 e. The van der Waals surface area contributed by atoms with Crippen molar-refractivity contribution in [3.8, 4) is 5.75 Å². The fraction of sp³-hybridized carbons (Fsp3) is 0.286. The normalized spacial score (nSPS) is 18.1. The van der Waals surface area contributed by atoms with Gasteiger partial charge in [0, 0.05) is 25.2 Å². The topological polar surface area (TPSA) is 99.8 Å². The Balaban J connectivity index is 1.78. The Morgan fingerprint density at radius 1 is 1.13 bits per heavy atom. The van der Waals surface area contributed by atoms with Crippen molar-refractivity contribution in [3.63, 3.8) is 0 Å². The van der Waals surface area contributed by atoms with Crippen LogP contribution in [0.2, 0.25) is 0 Å². The number of urea groups is 1. The zero-order valence-corrected chi connectivity index (χ0v) is 16.6. The first-order valence-corrected chi connectivity index (χ1v) is 9.37. The number of methoxy groups -OCH3 is 1. The van der Waals surface area contributed by atoms with E-state index in [0.29, 0.717) is 11.4 Å². The Labute approximate surface area is 173 Å². The lowest BCUT2D eigenvalue weighted by Crippen LogP contribution is -2.46. The van der Waals surface area contributed by atoms with E-state index in [9.17, 15) is 18.8 Å². The van der Waals surface area contributed by atoms with Gasteiger partial charge in [0.1, 0.15) is 17.6 Å². The minimum Gasteiger partial charge on any atom is -0.497 e. The van der Waals surface area contributed by atoms with Gasteiger partial charge in [-0.15, -0.1) is 0 Å². The summed E-state index contributed by atoms with van der Waals surface area (Å²) in [7, 11) is 3.05. The van der Waals surface area contributed by atoms with Gasteiger partial charge in [0.25, 0.3) is 0 Å². The third-order valence-corrected chi connectivity index (χ3v) is 4.94. The molecule has 1 heterocycles. The summed E-state index contributed by atoms with van der Waals surface area (Å²) in [5.41, 5.74) is 1.22. The van der Waals surface area contributed by atoms with Crippen molar-refractivity contribution in [1.29, 1.82) is 0 Å². The molecule has 4 amide bonds. The number of nitrogens with one attached hydrogen (secondary N) is 3. The molecule has 0 spiro atoms. The van der Waals surface area contributed by atoms with Crippen LogP contribution in [-0.2, 0) is 9.59 Å². The molecular formula is C21H23FN4O4. The first-order chi connectivity index (χ1) is 14.4. The van der Waals surface area contributed by atoms with E-state index < -0.39 is 17.9 Å². The van der Waals surface area contributed by atoms with Crippen molar-refractivity contribution < 1.29 is 23.5 Å². The van der Waals surface area contributed by atoms with Gasteiger partial charge in [0.2, 0.25) is 11.8 Å². The predicted molar refractivity (Wildman–Crippen MR) is 109 cm³/mol. The van der Waals surface area contributed by atoms with E-state index in [1.807, 2.05) is 12.1 Å². The Bertz CT molecular complexity index is 918. The molecule has 0 bridgehead atoms. The summed E-state index contributed by atoms with van der Waals surface area (Å²) in [6.07, 6.45) is 0. The van der Waals surface area contributed by atoms with E-state index >= 15 is 0 Å². The largest absolute Gasteiger partial charge is 0.497 e. The maximum atomic E-state index is 13.1. The number of carbonyl (C=O) groups is 3. The van der Waals surface area contributed by atoms with Crippen LogP contribution in [0.1, 0.15) is 11.5 Å². The highest BCUT2D eigenvalue weighted by Crippen LogP contribution is 2.30. The van der Waals surface area contributed by atoms with E-state index in [0.717, 1.165) is 5.56 Å². The zero-order valence-electron chi connectivity index (χ0n) is 16.6. The maximum absolute atomic E-state index is 13.1. The molecule has 2 aromatic rings. The highest BCUT2D eigenvalue weighted by atomic mass is 19.1. The number of rotatable bonds is 6. The Morgan fingerprint density at radius 3 is 2.40 bits per heavy atom. The molecule has 2 unspecified atom stereocenters. The van der Waals surface area contributed by atoms with Gasteiger partial charge in [0.15, 0.2) is 0 Å². The SMILES string of the molecule is CNC(=O)CN1CC(c2ccc(OC)cc2)C(NC(=O)Nc2ccc(F)cc2)C1=O. The molecule has 0 radical (unpaired) electrons. The zero-order chi connectivity index (χ0) is 21.7. The number of ether oxygens (including phenoxy) is 1. The molecule has 0 aromatic heterocycles. The predicted octanol–water partition coefficient (Wildman–Crippen LogP) is 1.70. The number of anilines is 1. The fourth-order valence-electron chi connectivity index (χ4n) is 3.35. The first kappa shape index (κ1) is 21.1. The summed E-state index contributed by atoms with van der Waals surface area (Å²) < 4.78 is 18.2. The standard InChI is InChI=1S/C21H23FN4O4/c1-23-18(27)12-26-11-17(13-3-9-16(30-2)10-4-13)19(20(26)28)25-21(29)24-15-7-5-14(22)6-8-15/h3-10,17,19H,11-12H2,1-2H3,(H,23,27)(H2,24,25,29). The molecule has 158 valence electrons. The molecule has 9 heteroatoms. The second kappa shape index (κ2) is 9.25. The van der Waals surface area contributed by atoms with Gasteiger partial charge < -0.3 is 25.6 Å². The number of amides is 4. The van der Waals surface area contributed by atoms with Crippen LogP contribution in [-0.4, -0.2) is 56.0 Å². The van der Waals surface area contributed by atoms with Crippen LogP contribution in [0.5, 0.6) is 5.75 Å². The van der Waals surface area contributed by atoms with Crippen LogP contribution >= 0.6 is 0 Å². The first-order valence-electron chi connectivity index (χ1n) is 9.37. The number of halogens is 1. The van der Waals surface area contributed by atoms with Gasteiger partial charge in [-0.05, 0) is 42.0 Å². The van der Waals surface area contributed by atoms with Crippen molar-refractivity contribution in [2.24, 2.45) is 0 Å². The third kappa shape index (κ3) is 4.86. The number of carbonyl (C=O) groups excluding carboxylic acids is 3. The molecule has 1 fully saturated rings. The van der Waals surface area contributed by atoms with E-state index in [2.05, 4.69) is 16.0 Å². The lowest BCUT2D eigenvalue weighted by atomic mass is 9.94. The summed E-state index contributed by atoms with van der Waals surface area (Å²) in [6, 6.07) is 11.0. The third-order valence-electron chi connectivity index (χ3n) is 4.94. The Hall–Kier alpha value is -3.62. The summed E-state index contributed by atoms with van der Waals surface area (Å²) >= 11 is 0. The van der Waals surface area contributed by atoms with Gasteiger partial charge >= 0.3 is 6.03 Å². The van der Waals surface area contributed by atoms with Crippen molar-refractivity contribution in [1.82, 2.24) is 15.5 Å². The summed E-state index contributed by atoms with van der Waals surface area (Å²) in [5.74, 6) is -0.755. The number of benzene rings is 2. The summed E-state index contributed by atoms with van der Waals surface area (Å²) in [6.45, 7) is 0.180. The molecule has 3 N–H and O–H groups in total. The van der Waals surface area contributed by atoms with Crippen LogP contribution < -0.4 is 20.7 Å². The minimum atomic E-state index is -0.858. The van der Waals surface area contributed by atoms with Gasteiger partial charge in [-0.2, -0.15) is 0 Å². The molecule has 1 saturated heterocycles. The number of nitrogens with zero attached hydrogens (tertiary/aromatic N) is 1. The van der Waals surface area contributed by atoms with Crippen LogP contribution in [0.4, 0.5) is 14.9 Å². The molecule has 8 nitrogen and oxygen atoms in total. The molecule has 2 atom stereocenters. The molecule has 0 saturated carbocycles. The lowest BCUT2D eigenvalue weighted by Gasteiger charge is -2.19. The second-order valence-electron chi connectivity index (χ2n) is 6.85. The Kier molecular flexibility index (Phi) is 6.51. The van der Waals surface area contributed by atoms with Gasteiger partial charge in [-0.1, -0.05) is 12.1 Å². The van der Waals surface area contributed by atoms with E-state index in [4.69, 9.17) is 4.74 Å². The van der Waals surface area contributed by atoms with Crippen LogP contribution in [0.15, 0.2) is 48.5 Å². The van der Waals surface area contributed by atoms with E-state index in [1.54, 1.807) is 19.2 Å². The molecule has 2 aromatic carbocycles. The Morgan fingerprint density at radius 2 is 1.80 bits per heavy atom. The van der Waals surface area contributed by atoms with E-state index in [1.165, 1.54) is 36.2 Å². The number of likely N-dealkylation sites (tertiary alicyclic amines) is 1. The average molecular weight is 414 g/mol. The van der Waals surface area contributed by atoms with Crippen LogP contribution in [0.25, 0.3) is 0 Å². The number of hydrogen-bond acceptors (Lipinski definition) is 4.